The monoisotopic (exact) mass is 439 g/mol. The summed E-state index contributed by atoms with van der Waals surface area (Å²) in [4.78, 5) is 19.1. The Kier molecular flexibility index (Phi) is 7.77. The Bertz CT molecular complexity index is 1020. The summed E-state index contributed by atoms with van der Waals surface area (Å²) in [6.45, 7) is 4.99. The second-order valence-corrected chi connectivity index (χ2v) is 8.22. The Labute approximate surface area is 187 Å². The van der Waals surface area contributed by atoms with Crippen LogP contribution >= 0.6 is 0 Å². The van der Waals surface area contributed by atoms with E-state index in [9.17, 15) is 9.50 Å². The molecule has 1 aliphatic rings. The summed E-state index contributed by atoms with van der Waals surface area (Å²) in [5.74, 6) is -0.720. The number of halogens is 1. The van der Waals surface area contributed by atoms with E-state index in [0.29, 0.717) is 5.92 Å². The molecule has 1 fully saturated rings. The number of aromatic nitrogens is 2. The molecule has 32 heavy (non-hydrogen) atoms. The van der Waals surface area contributed by atoms with Crippen LogP contribution in [0, 0.1) is 5.82 Å². The normalized spacial score (nSPS) is 15.7. The summed E-state index contributed by atoms with van der Waals surface area (Å²) in [6.07, 6.45) is 5.02. The maximum absolute atomic E-state index is 13.5. The molecule has 0 spiro atoms. The minimum Gasteiger partial charge on any atom is -0.481 e. The lowest BCUT2D eigenvalue weighted by atomic mass is 9.87. The van der Waals surface area contributed by atoms with Gasteiger partial charge in [0.05, 0.1) is 11.8 Å². The number of carboxylic acids is 1. The number of hydrogen-bond acceptors (Lipinski definition) is 4. The molecule has 6 nitrogen and oxygen atoms in total. The Morgan fingerprint density at radius 1 is 1.12 bits per heavy atom. The SMILES string of the molecule is CC(=O)O.CC(O)c1c(C2CCN(C)CC2)[nH]c(-c2ccc(F)cc2)c1-c1ccncc1. The molecule has 4 rings (SSSR count). The van der Waals surface area contributed by atoms with Gasteiger partial charge >= 0.3 is 0 Å². The number of aliphatic hydroxyl groups is 1. The van der Waals surface area contributed by atoms with Crippen LogP contribution in [-0.4, -0.2) is 51.2 Å². The smallest absolute Gasteiger partial charge is 0.300 e. The minimum atomic E-state index is -0.833. The third-order valence-electron chi connectivity index (χ3n) is 5.72. The highest BCUT2D eigenvalue weighted by Gasteiger charge is 2.29. The first-order chi connectivity index (χ1) is 15.3. The Hall–Kier alpha value is -3.03. The molecule has 1 aromatic carbocycles. The maximum atomic E-state index is 13.5. The van der Waals surface area contributed by atoms with Crippen LogP contribution in [0.15, 0.2) is 48.8 Å². The van der Waals surface area contributed by atoms with Crippen molar-refractivity contribution in [2.24, 2.45) is 0 Å². The molecule has 7 heteroatoms. The lowest BCUT2D eigenvalue weighted by molar-refractivity contribution is -0.134. The van der Waals surface area contributed by atoms with Crippen LogP contribution in [-0.2, 0) is 4.79 Å². The summed E-state index contributed by atoms with van der Waals surface area (Å²) >= 11 is 0. The van der Waals surface area contributed by atoms with Gasteiger partial charge in [-0.25, -0.2) is 4.39 Å². The number of nitrogens with zero attached hydrogens (tertiary/aromatic N) is 2. The highest BCUT2D eigenvalue weighted by atomic mass is 19.1. The number of nitrogens with one attached hydrogen (secondary N) is 1. The second-order valence-electron chi connectivity index (χ2n) is 8.22. The molecular weight excluding hydrogens is 409 g/mol. The first-order valence-corrected chi connectivity index (χ1v) is 10.8. The fraction of sp³-hybridized carbons (Fsp3) is 0.360. The number of rotatable bonds is 4. The van der Waals surface area contributed by atoms with Gasteiger partial charge in [0.15, 0.2) is 0 Å². The van der Waals surface area contributed by atoms with Gasteiger partial charge in [0.2, 0.25) is 0 Å². The van der Waals surface area contributed by atoms with E-state index >= 15 is 0 Å². The summed E-state index contributed by atoms with van der Waals surface area (Å²) in [5.41, 5.74) is 5.87. The van der Waals surface area contributed by atoms with Gasteiger partial charge in [-0.2, -0.15) is 0 Å². The molecule has 170 valence electrons. The molecule has 0 amide bonds. The van der Waals surface area contributed by atoms with Crippen molar-refractivity contribution in [3.8, 4) is 22.4 Å². The van der Waals surface area contributed by atoms with E-state index in [4.69, 9.17) is 9.90 Å². The van der Waals surface area contributed by atoms with E-state index < -0.39 is 12.1 Å². The summed E-state index contributed by atoms with van der Waals surface area (Å²) in [7, 11) is 2.15. The standard InChI is InChI=1S/C23H26FN3O.C2H4O2/c1-15(28)20-21(16-7-11-25-12-8-16)23(17-3-5-19(24)6-4-17)26-22(20)18-9-13-27(2)14-10-18;1-2(3)4/h3-8,11-12,15,18,26,28H,9-10,13-14H2,1-2H3;1H3,(H,3,4). The predicted octanol–water partition coefficient (Wildman–Crippen LogP) is 4.84. The highest BCUT2D eigenvalue weighted by molar-refractivity contribution is 5.85. The van der Waals surface area contributed by atoms with E-state index in [2.05, 4.69) is 21.9 Å². The van der Waals surface area contributed by atoms with Gasteiger partial charge in [0, 0.05) is 42.1 Å². The summed E-state index contributed by atoms with van der Waals surface area (Å²) < 4.78 is 13.5. The van der Waals surface area contributed by atoms with Crippen LogP contribution in [0.25, 0.3) is 22.4 Å². The number of hydrogen-bond donors (Lipinski definition) is 3. The average molecular weight is 440 g/mol. The third kappa shape index (κ3) is 5.60. The maximum Gasteiger partial charge on any atom is 0.300 e. The van der Waals surface area contributed by atoms with Crippen LogP contribution in [0.4, 0.5) is 4.39 Å². The number of aliphatic carboxylic acids is 1. The van der Waals surface area contributed by atoms with Crippen LogP contribution in [0.1, 0.15) is 50.0 Å². The fourth-order valence-corrected chi connectivity index (χ4v) is 4.24. The zero-order valence-corrected chi connectivity index (χ0v) is 18.7. The van der Waals surface area contributed by atoms with Crippen molar-refractivity contribution in [3.63, 3.8) is 0 Å². The van der Waals surface area contributed by atoms with Gasteiger partial charge in [-0.15, -0.1) is 0 Å². The molecular formula is C25H30FN3O3. The average Bonchev–Trinajstić information content (AvgIpc) is 3.16. The summed E-state index contributed by atoms with van der Waals surface area (Å²) in [5, 5.41) is 18.1. The van der Waals surface area contributed by atoms with Crippen molar-refractivity contribution in [3.05, 3.63) is 65.9 Å². The van der Waals surface area contributed by atoms with Crippen LogP contribution < -0.4 is 0 Å². The largest absolute Gasteiger partial charge is 0.481 e. The van der Waals surface area contributed by atoms with Gasteiger partial charge in [-0.3, -0.25) is 9.78 Å². The Morgan fingerprint density at radius 2 is 1.69 bits per heavy atom. The molecule has 3 N–H and O–H groups in total. The molecule has 1 unspecified atom stereocenters. The second kappa shape index (κ2) is 10.5. The number of pyridine rings is 1. The summed E-state index contributed by atoms with van der Waals surface area (Å²) in [6, 6.07) is 10.4. The third-order valence-corrected chi connectivity index (χ3v) is 5.72. The number of H-pyrrole nitrogens is 1. The van der Waals surface area contributed by atoms with Crippen molar-refractivity contribution in [1.29, 1.82) is 0 Å². The molecule has 1 atom stereocenters. The molecule has 0 bridgehead atoms. The van der Waals surface area contributed by atoms with Crippen molar-refractivity contribution in [1.82, 2.24) is 14.9 Å². The zero-order valence-electron chi connectivity index (χ0n) is 18.7. The van der Waals surface area contributed by atoms with E-state index in [1.165, 1.54) is 12.1 Å². The number of aromatic amines is 1. The first kappa shape index (κ1) is 23.6. The fourth-order valence-electron chi connectivity index (χ4n) is 4.24. The molecule has 3 aromatic rings. The number of likely N-dealkylation sites (tertiary alicyclic amines) is 1. The van der Waals surface area contributed by atoms with E-state index in [1.54, 1.807) is 24.5 Å². The van der Waals surface area contributed by atoms with E-state index in [1.807, 2.05) is 19.1 Å². The Morgan fingerprint density at radius 3 is 2.22 bits per heavy atom. The lowest BCUT2D eigenvalue weighted by Crippen LogP contribution is -2.29. The van der Waals surface area contributed by atoms with Crippen molar-refractivity contribution < 1.29 is 19.4 Å². The topological polar surface area (TPSA) is 89.5 Å². The Balaban J connectivity index is 0.000000668. The van der Waals surface area contributed by atoms with Gasteiger partial charge in [-0.1, -0.05) is 0 Å². The van der Waals surface area contributed by atoms with Crippen LogP contribution in [0.2, 0.25) is 0 Å². The number of aliphatic hydroxyl groups excluding tert-OH is 1. The number of carboxylic acid groups (broad SMARTS) is 1. The quantitative estimate of drug-likeness (QED) is 0.541. The number of benzene rings is 1. The molecule has 0 aliphatic carbocycles. The highest BCUT2D eigenvalue weighted by Crippen LogP contribution is 2.43. The van der Waals surface area contributed by atoms with E-state index in [-0.39, 0.29) is 5.82 Å². The minimum absolute atomic E-state index is 0.257. The zero-order chi connectivity index (χ0) is 23.3. The molecule has 3 heterocycles. The molecule has 0 radical (unpaired) electrons. The van der Waals surface area contributed by atoms with Crippen LogP contribution in [0.3, 0.4) is 0 Å². The lowest BCUT2D eigenvalue weighted by Gasteiger charge is -2.29. The van der Waals surface area contributed by atoms with E-state index in [0.717, 1.165) is 66.5 Å². The number of carbonyl (C=O) groups is 1. The first-order valence-electron chi connectivity index (χ1n) is 10.8. The van der Waals surface area contributed by atoms with Gasteiger partial charge in [-0.05, 0) is 87.4 Å². The van der Waals surface area contributed by atoms with Crippen molar-refractivity contribution >= 4 is 5.97 Å². The molecule has 1 saturated heterocycles. The molecule has 2 aromatic heterocycles. The van der Waals surface area contributed by atoms with Crippen molar-refractivity contribution in [2.75, 3.05) is 20.1 Å². The molecule has 0 saturated carbocycles. The van der Waals surface area contributed by atoms with Gasteiger partial charge < -0.3 is 20.1 Å². The molecule has 1 aliphatic heterocycles. The number of piperidine rings is 1. The van der Waals surface area contributed by atoms with Gasteiger partial charge in [0.25, 0.3) is 5.97 Å². The van der Waals surface area contributed by atoms with Crippen LogP contribution in [0.5, 0.6) is 0 Å². The van der Waals surface area contributed by atoms with Crippen molar-refractivity contribution in [2.45, 2.75) is 38.7 Å². The van der Waals surface area contributed by atoms with Gasteiger partial charge in [0.1, 0.15) is 5.82 Å². The predicted molar refractivity (Wildman–Crippen MR) is 123 cm³/mol.